The first-order valence-corrected chi connectivity index (χ1v) is 10.8. The molecule has 0 heterocycles. The molecule has 0 aromatic heterocycles. The fraction of sp³-hybridized carbons (Fsp3) is 0.500. The maximum absolute atomic E-state index is 13.6. The lowest BCUT2D eigenvalue weighted by Crippen LogP contribution is -2.55. The summed E-state index contributed by atoms with van der Waals surface area (Å²) in [5, 5.41) is 15.2. The number of phenols is 1. The van der Waals surface area contributed by atoms with Gasteiger partial charge in [-0.1, -0.05) is 18.2 Å². The van der Waals surface area contributed by atoms with Crippen LogP contribution in [0, 0.1) is 0 Å². The molecule has 34 heavy (non-hydrogen) atoms. The van der Waals surface area contributed by atoms with Crippen LogP contribution in [0.4, 0.5) is 4.79 Å². The van der Waals surface area contributed by atoms with Crippen LogP contribution < -0.4 is 16.4 Å². The molecule has 2 unspecified atom stereocenters. The number of amides is 4. The van der Waals surface area contributed by atoms with Crippen molar-refractivity contribution in [1.29, 1.82) is 0 Å². The summed E-state index contributed by atoms with van der Waals surface area (Å²) < 4.78 is 5.21. The first-order valence-electron chi connectivity index (χ1n) is 10.8. The zero-order valence-corrected chi connectivity index (χ0v) is 20.7. The third-order valence-corrected chi connectivity index (χ3v) is 4.25. The van der Waals surface area contributed by atoms with Gasteiger partial charge < -0.3 is 31.1 Å². The van der Waals surface area contributed by atoms with E-state index in [0.29, 0.717) is 5.56 Å². The fourth-order valence-corrected chi connectivity index (χ4v) is 3.12. The lowest BCUT2D eigenvalue weighted by molar-refractivity contribution is -0.143. The number of alkyl carbamates (subject to hydrolysis) is 1. The Morgan fingerprint density at radius 2 is 1.79 bits per heavy atom. The second kappa shape index (κ2) is 11.5. The predicted molar refractivity (Wildman–Crippen MR) is 128 cm³/mol. The average molecular weight is 477 g/mol. The summed E-state index contributed by atoms with van der Waals surface area (Å²) in [6, 6.07) is 3.32. The van der Waals surface area contributed by atoms with Gasteiger partial charge in [-0.15, -0.1) is 6.58 Å². The van der Waals surface area contributed by atoms with Gasteiger partial charge in [-0.05, 0) is 59.2 Å². The highest BCUT2D eigenvalue weighted by Gasteiger charge is 2.37. The van der Waals surface area contributed by atoms with Crippen molar-refractivity contribution < 1.29 is 29.0 Å². The van der Waals surface area contributed by atoms with E-state index >= 15 is 0 Å². The van der Waals surface area contributed by atoms with Crippen LogP contribution in [0.5, 0.6) is 5.75 Å². The fourth-order valence-electron chi connectivity index (χ4n) is 3.12. The molecule has 0 spiro atoms. The number of carbonyl (C=O) groups is 4. The van der Waals surface area contributed by atoms with E-state index < -0.39 is 53.5 Å². The van der Waals surface area contributed by atoms with Crippen LogP contribution >= 0.6 is 0 Å². The number of benzene rings is 1. The molecule has 5 N–H and O–H groups in total. The van der Waals surface area contributed by atoms with E-state index in [1.165, 1.54) is 18.2 Å². The van der Waals surface area contributed by atoms with Crippen LogP contribution in [0.2, 0.25) is 0 Å². The molecule has 10 nitrogen and oxygen atoms in total. The zero-order chi connectivity index (χ0) is 26.3. The summed E-state index contributed by atoms with van der Waals surface area (Å²) in [6.07, 6.45) is -0.0228. The number of hydrogen-bond donors (Lipinski definition) is 4. The molecule has 188 valence electrons. The summed E-state index contributed by atoms with van der Waals surface area (Å²) in [5.74, 6) is -2.20. The molecular formula is C24H36N4O6. The molecule has 1 rings (SSSR count). The average Bonchev–Trinajstić information content (AvgIpc) is 2.63. The van der Waals surface area contributed by atoms with E-state index in [9.17, 15) is 24.3 Å². The molecule has 0 bridgehead atoms. The molecule has 0 aliphatic heterocycles. The molecule has 0 fully saturated rings. The first-order chi connectivity index (χ1) is 15.5. The SMILES string of the molecule is C=CCN(C(=O)C(CC(N)=O)NC(=O)OC(C)(C)C)C(C(=O)NC(C)(C)C)c1cccc(O)c1. The standard InChI is InChI=1S/C24H36N4O6/c1-8-12-28(21(32)17(14-18(25)30)26-22(33)34-24(5,6)7)19(20(31)27-23(2,3)4)15-10-9-11-16(29)13-15/h8-11,13,17,19,29H,1,12,14H2,2-7H3,(H2,25,30)(H,26,33)(H,27,31). The van der Waals surface area contributed by atoms with Crippen LogP contribution in [-0.2, 0) is 19.1 Å². The Morgan fingerprint density at radius 1 is 1.18 bits per heavy atom. The topological polar surface area (TPSA) is 151 Å². The molecule has 10 heteroatoms. The van der Waals surface area contributed by atoms with Gasteiger partial charge in [-0.2, -0.15) is 0 Å². The van der Waals surface area contributed by atoms with E-state index in [1.54, 1.807) is 53.7 Å². The number of ether oxygens (including phenoxy) is 1. The van der Waals surface area contributed by atoms with Gasteiger partial charge in [0.2, 0.25) is 17.7 Å². The Balaban J connectivity index is 3.48. The van der Waals surface area contributed by atoms with E-state index in [-0.39, 0.29) is 12.3 Å². The van der Waals surface area contributed by atoms with Crippen molar-refractivity contribution in [2.45, 2.75) is 71.2 Å². The molecule has 1 aromatic carbocycles. The number of nitrogens with one attached hydrogen (secondary N) is 2. The lowest BCUT2D eigenvalue weighted by atomic mass is 10.00. The smallest absolute Gasteiger partial charge is 0.408 e. The first kappa shape index (κ1) is 28.5. The van der Waals surface area contributed by atoms with Gasteiger partial charge in [0.05, 0.1) is 6.42 Å². The Labute approximate surface area is 200 Å². The van der Waals surface area contributed by atoms with Crippen molar-refractivity contribution in [3.05, 3.63) is 42.5 Å². The predicted octanol–water partition coefficient (Wildman–Crippen LogP) is 2.13. The molecule has 4 amide bonds. The molecule has 0 saturated carbocycles. The van der Waals surface area contributed by atoms with Crippen LogP contribution in [0.15, 0.2) is 36.9 Å². The number of aromatic hydroxyl groups is 1. The highest BCUT2D eigenvalue weighted by Crippen LogP contribution is 2.26. The molecule has 0 aliphatic carbocycles. The lowest BCUT2D eigenvalue weighted by Gasteiger charge is -2.35. The molecular weight excluding hydrogens is 440 g/mol. The van der Waals surface area contributed by atoms with Gasteiger partial charge in [0.25, 0.3) is 0 Å². The van der Waals surface area contributed by atoms with Crippen molar-refractivity contribution >= 4 is 23.8 Å². The highest BCUT2D eigenvalue weighted by molar-refractivity contribution is 5.94. The highest BCUT2D eigenvalue weighted by atomic mass is 16.6. The Hall–Kier alpha value is -3.56. The third kappa shape index (κ3) is 9.51. The van der Waals surface area contributed by atoms with Crippen LogP contribution in [0.1, 0.15) is 59.6 Å². The monoisotopic (exact) mass is 476 g/mol. The van der Waals surface area contributed by atoms with Gasteiger partial charge >= 0.3 is 6.09 Å². The van der Waals surface area contributed by atoms with Crippen LogP contribution in [0.25, 0.3) is 0 Å². The second-order valence-electron chi connectivity index (χ2n) is 9.89. The number of carbonyl (C=O) groups excluding carboxylic acids is 4. The molecule has 1 aromatic rings. The molecule has 0 radical (unpaired) electrons. The third-order valence-electron chi connectivity index (χ3n) is 4.25. The Bertz CT molecular complexity index is 917. The van der Waals surface area contributed by atoms with Gasteiger partial charge in [-0.25, -0.2) is 4.79 Å². The summed E-state index contributed by atoms with van der Waals surface area (Å²) in [4.78, 5) is 52.1. The zero-order valence-electron chi connectivity index (χ0n) is 20.7. The van der Waals surface area contributed by atoms with Gasteiger partial charge in [0.1, 0.15) is 23.4 Å². The molecule has 0 aliphatic rings. The molecule has 0 saturated heterocycles. The number of phenolic OH excluding ortho intramolecular Hbond substituents is 1. The molecule has 2 atom stereocenters. The van der Waals surface area contributed by atoms with Crippen molar-refractivity contribution in [3.63, 3.8) is 0 Å². The Morgan fingerprint density at radius 3 is 2.26 bits per heavy atom. The minimum absolute atomic E-state index is 0.0953. The van der Waals surface area contributed by atoms with Crippen LogP contribution in [0.3, 0.4) is 0 Å². The number of rotatable bonds is 9. The van der Waals surface area contributed by atoms with Crippen LogP contribution in [-0.4, -0.2) is 57.5 Å². The minimum Gasteiger partial charge on any atom is -0.508 e. The van der Waals surface area contributed by atoms with Gasteiger partial charge in [0, 0.05) is 12.1 Å². The van der Waals surface area contributed by atoms with E-state index in [1.807, 2.05) is 0 Å². The quantitative estimate of drug-likeness (QED) is 0.401. The summed E-state index contributed by atoms with van der Waals surface area (Å²) in [6.45, 7) is 13.9. The van der Waals surface area contributed by atoms with E-state index in [4.69, 9.17) is 10.5 Å². The van der Waals surface area contributed by atoms with Crippen molar-refractivity contribution in [2.24, 2.45) is 5.73 Å². The number of hydrogen-bond acceptors (Lipinski definition) is 6. The minimum atomic E-state index is -1.39. The van der Waals surface area contributed by atoms with Crippen molar-refractivity contribution in [1.82, 2.24) is 15.5 Å². The van der Waals surface area contributed by atoms with E-state index in [0.717, 1.165) is 4.90 Å². The maximum Gasteiger partial charge on any atom is 0.408 e. The summed E-state index contributed by atoms with van der Waals surface area (Å²) in [7, 11) is 0. The number of nitrogens with two attached hydrogens (primary N) is 1. The van der Waals surface area contributed by atoms with E-state index in [2.05, 4.69) is 17.2 Å². The maximum atomic E-state index is 13.6. The largest absolute Gasteiger partial charge is 0.508 e. The normalized spacial score (nSPS) is 13.2. The van der Waals surface area contributed by atoms with Gasteiger partial charge in [0.15, 0.2) is 0 Å². The van der Waals surface area contributed by atoms with Gasteiger partial charge in [-0.3, -0.25) is 14.4 Å². The summed E-state index contributed by atoms with van der Waals surface area (Å²) in [5.41, 5.74) is 4.18. The number of primary amides is 1. The van der Waals surface area contributed by atoms with Crippen molar-refractivity contribution in [2.75, 3.05) is 6.54 Å². The number of nitrogens with zero attached hydrogens (tertiary/aromatic N) is 1. The summed E-state index contributed by atoms with van der Waals surface area (Å²) >= 11 is 0. The Kier molecular flexibility index (Phi) is 9.66. The second-order valence-corrected chi connectivity index (χ2v) is 9.89. The van der Waals surface area contributed by atoms with Crippen molar-refractivity contribution in [3.8, 4) is 5.75 Å².